The van der Waals surface area contributed by atoms with Gasteiger partial charge in [-0.15, -0.1) is 0 Å². The van der Waals surface area contributed by atoms with E-state index in [1.807, 2.05) is 4.90 Å². The third kappa shape index (κ3) is 4.66. The topological polar surface area (TPSA) is 92.5 Å². The fourth-order valence-corrected chi connectivity index (χ4v) is 4.77. The van der Waals surface area contributed by atoms with Crippen LogP contribution in [-0.2, 0) is 14.8 Å². The number of amides is 1. The minimum Gasteiger partial charge on any atom is -0.341 e. The molecule has 0 bridgehead atoms. The molecule has 6 nitrogen and oxygen atoms in total. The molecule has 1 saturated carbocycles. The Morgan fingerprint density at radius 3 is 2.43 bits per heavy atom. The van der Waals surface area contributed by atoms with Crippen LogP contribution in [0.2, 0.25) is 0 Å². The van der Waals surface area contributed by atoms with Crippen molar-refractivity contribution in [2.45, 2.75) is 62.7 Å². The Balaban J connectivity index is 1.65. The van der Waals surface area contributed by atoms with Gasteiger partial charge in [-0.2, -0.15) is 0 Å². The number of carbonyl (C=O) groups excluding carboxylic acids is 1. The Morgan fingerprint density at radius 2 is 1.81 bits per heavy atom. The second-order valence-corrected chi connectivity index (χ2v) is 8.17. The Labute approximate surface area is 127 Å². The molecule has 0 aromatic carbocycles. The zero-order chi connectivity index (χ0) is 15.3. The second kappa shape index (κ2) is 7.56. The summed E-state index contributed by atoms with van der Waals surface area (Å²) < 4.78 is 26.7. The van der Waals surface area contributed by atoms with Gasteiger partial charge in [0.05, 0.1) is 11.3 Å². The van der Waals surface area contributed by atoms with Gasteiger partial charge >= 0.3 is 0 Å². The van der Waals surface area contributed by atoms with Crippen LogP contribution >= 0.6 is 0 Å². The maximum absolute atomic E-state index is 12.0. The Morgan fingerprint density at radius 1 is 1.19 bits per heavy atom. The van der Waals surface area contributed by atoms with Crippen molar-refractivity contribution >= 4 is 15.9 Å². The molecule has 122 valence electrons. The maximum atomic E-state index is 12.0. The van der Waals surface area contributed by atoms with Crippen molar-refractivity contribution in [3.05, 3.63) is 0 Å². The summed E-state index contributed by atoms with van der Waals surface area (Å²) in [5.74, 6) is 0.00569. The van der Waals surface area contributed by atoms with Crippen LogP contribution in [-0.4, -0.2) is 50.2 Å². The van der Waals surface area contributed by atoms with E-state index in [4.69, 9.17) is 5.73 Å². The van der Waals surface area contributed by atoms with E-state index in [0.717, 1.165) is 51.6 Å². The number of likely N-dealkylation sites (tertiary alicyclic amines) is 1. The van der Waals surface area contributed by atoms with Crippen molar-refractivity contribution in [3.8, 4) is 0 Å². The van der Waals surface area contributed by atoms with Crippen LogP contribution in [0.4, 0.5) is 0 Å². The lowest BCUT2D eigenvalue weighted by molar-refractivity contribution is -0.131. The average Bonchev–Trinajstić information content (AvgIpc) is 3.14. The maximum Gasteiger partial charge on any atom is 0.239 e. The van der Waals surface area contributed by atoms with Gasteiger partial charge in [0.2, 0.25) is 15.9 Å². The predicted octanol–water partition coefficient (Wildman–Crippen LogP) is 0.578. The van der Waals surface area contributed by atoms with E-state index in [0.29, 0.717) is 19.4 Å². The summed E-state index contributed by atoms with van der Waals surface area (Å²) in [4.78, 5) is 13.8. The third-order valence-corrected chi connectivity index (χ3v) is 6.43. The zero-order valence-corrected chi connectivity index (χ0v) is 13.4. The molecule has 2 aliphatic rings. The largest absolute Gasteiger partial charge is 0.341 e. The van der Waals surface area contributed by atoms with Crippen LogP contribution in [0.5, 0.6) is 0 Å². The molecule has 7 heteroatoms. The highest BCUT2D eigenvalue weighted by Gasteiger charge is 2.28. The molecule has 21 heavy (non-hydrogen) atoms. The molecule has 2 rings (SSSR count). The van der Waals surface area contributed by atoms with E-state index < -0.39 is 16.1 Å². The lowest BCUT2D eigenvalue weighted by Crippen LogP contribution is -2.42. The molecule has 1 amide bonds. The molecule has 1 atom stereocenters. The number of rotatable bonds is 7. The SMILES string of the molecule is NC(CCCNS(=O)(=O)C1CCCC1)C(=O)N1CCCC1. The van der Waals surface area contributed by atoms with Crippen molar-refractivity contribution < 1.29 is 13.2 Å². The van der Waals surface area contributed by atoms with Crippen molar-refractivity contribution in [1.82, 2.24) is 9.62 Å². The van der Waals surface area contributed by atoms with E-state index in [2.05, 4.69) is 4.72 Å². The molecule has 3 N–H and O–H groups in total. The van der Waals surface area contributed by atoms with E-state index in [1.165, 1.54) is 0 Å². The fourth-order valence-electron chi connectivity index (χ4n) is 3.15. The summed E-state index contributed by atoms with van der Waals surface area (Å²) in [6.07, 6.45) is 6.78. The number of hydrogen-bond acceptors (Lipinski definition) is 4. The molecule has 0 spiro atoms. The molecular weight excluding hydrogens is 290 g/mol. The average molecular weight is 317 g/mol. The van der Waals surface area contributed by atoms with Gasteiger partial charge in [-0.05, 0) is 38.5 Å². The summed E-state index contributed by atoms with van der Waals surface area (Å²) in [6.45, 7) is 1.99. The van der Waals surface area contributed by atoms with Gasteiger partial charge in [0.25, 0.3) is 0 Å². The lowest BCUT2D eigenvalue weighted by Gasteiger charge is -2.20. The lowest BCUT2D eigenvalue weighted by atomic mass is 10.1. The number of sulfonamides is 1. The van der Waals surface area contributed by atoms with Crippen LogP contribution in [0.15, 0.2) is 0 Å². The predicted molar refractivity (Wildman–Crippen MR) is 82.2 cm³/mol. The first-order valence-electron chi connectivity index (χ1n) is 8.03. The quantitative estimate of drug-likeness (QED) is 0.672. The monoisotopic (exact) mass is 317 g/mol. The van der Waals surface area contributed by atoms with Gasteiger partial charge in [-0.25, -0.2) is 13.1 Å². The summed E-state index contributed by atoms with van der Waals surface area (Å²) in [5, 5.41) is -0.225. The highest BCUT2D eigenvalue weighted by atomic mass is 32.2. The molecule has 0 aromatic rings. The van der Waals surface area contributed by atoms with Crippen molar-refractivity contribution in [2.75, 3.05) is 19.6 Å². The first-order valence-corrected chi connectivity index (χ1v) is 9.58. The smallest absolute Gasteiger partial charge is 0.239 e. The summed E-state index contributed by atoms with van der Waals surface area (Å²) in [5.41, 5.74) is 5.90. The van der Waals surface area contributed by atoms with E-state index >= 15 is 0 Å². The minimum atomic E-state index is -3.18. The normalized spacial score (nSPS) is 21.9. The molecule has 1 heterocycles. The van der Waals surface area contributed by atoms with Crippen LogP contribution < -0.4 is 10.5 Å². The van der Waals surface area contributed by atoms with E-state index in [1.54, 1.807) is 0 Å². The first kappa shape index (κ1) is 16.7. The van der Waals surface area contributed by atoms with Crippen LogP contribution in [0, 0.1) is 0 Å². The van der Waals surface area contributed by atoms with Gasteiger partial charge in [0.15, 0.2) is 0 Å². The molecule has 1 unspecified atom stereocenters. The van der Waals surface area contributed by atoms with Crippen molar-refractivity contribution in [2.24, 2.45) is 5.73 Å². The van der Waals surface area contributed by atoms with Crippen molar-refractivity contribution in [3.63, 3.8) is 0 Å². The van der Waals surface area contributed by atoms with Gasteiger partial charge in [-0.1, -0.05) is 12.8 Å². The molecule has 1 saturated heterocycles. The van der Waals surface area contributed by atoms with Gasteiger partial charge < -0.3 is 10.6 Å². The van der Waals surface area contributed by atoms with Crippen molar-refractivity contribution in [1.29, 1.82) is 0 Å². The summed E-state index contributed by atoms with van der Waals surface area (Å²) in [7, 11) is -3.18. The Hall–Kier alpha value is -0.660. The molecular formula is C14H27N3O3S. The van der Waals surface area contributed by atoms with Crippen LogP contribution in [0.25, 0.3) is 0 Å². The highest BCUT2D eigenvalue weighted by Crippen LogP contribution is 2.23. The minimum absolute atomic E-state index is 0.00569. The van der Waals surface area contributed by atoms with Gasteiger partial charge in [0, 0.05) is 19.6 Å². The number of nitrogens with zero attached hydrogens (tertiary/aromatic N) is 1. The summed E-state index contributed by atoms with van der Waals surface area (Å²) >= 11 is 0. The van der Waals surface area contributed by atoms with E-state index in [9.17, 15) is 13.2 Å². The Bertz CT molecular complexity index is 440. The highest BCUT2D eigenvalue weighted by molar-refractivity contribution is 7.90. The second-order valence-electron chi connectivity index (χ2n) is 6.13. The third-order valence-electron chi connectivity index (χ3n) is 4.47. The summed E-state index contributed by atoms with van der Waals surface area (Å²) in [6, 6.07) is -0.501. The standard InChI is InChI=1S/C14H27N3O3S/c15-13(14(18)17-10-3-4-11-17)8-5-9-16-21(19,20)12-6-1-2-7-12/h12-13,16H,1-11,15H2. The number of nitrogens with one attached hydrogen (secondary N) is 1. The Kier molecular flexibility index (Phi) is 6.01. The molecule has 1 aliphatic heterocycles. The molecule has 2 fully saturated rings. The molecule has 0 aromatic heterocycles. The molecule has 1 aliphatic carbocycles. The van der Waals surface area contributed by atoms with Gasteiger partial charge in [0.1, 0.15) is 0 Å². The van der Waals surface area contributed by atoms with Gasteiger partial charge in [-0.3, -0.25) is 4.79 Å². The van der Waals surface area contributed by atoms with Crippen LogP contribution in [0.1, 0.15) is 51.4 Å². The van der Waals surface area contributed by atoms with E-state index in [-0.39, 0.29) is 11.2 Å². The van der Waals surface area contributed by atoms with Crippen LogP contribution in [0.3, 0.4) is 0 Å². The number of hydrogen-bond donors (Lipinski definition) is 2. The molecule has 0 radical (unpaired) electrons. The fraction of sp³-hybridized carbons (Fsp3) is 0.929. The first-order chi connectivity index (χ1) is 10.0. The number of nitrogens with two attached hydrogens (primary N) is 1. The zero-order valence-electron chi connectivity index (χ0n) is 12.6. The number of carbonyl (C=O) groups is 1.